The maximum atomic E-state index is 11.7. The Hall–Kier alpha value is -1.59. The summed E-state index contributed by atoms with van der Waals surface area (Å²) in [5, 5.41) is 3.14. The van der Waals surface area contributed by atoms with Gasteiger partial charge in [0.05, 0.1) is 23.3 Å². The maximum Gasteiger partial charge on any atom is 0.238 e. The lowest BCUT2D eigenvalue weighted by molar-refractivity contribution is -0.123. The average Bonchev–Trinajstić information content (AvgIpc) is 2.30. The second-order valence-corrected chi connectivity index (χ2v) is 4.43. The van der Waals surface area contributed by atoms with Crippen molar-refractivity contribution in [3.05, 3.63) is 29.3 Å². The van der Waals surface area contributed by atoms with Gasteiger partial charge in [-0.05, 0) is 26.1 Å². The van der Waals surface area contributed by atoms with Gasteiger partial charge in [0, 0.05) is 0 Å². The van der Waals surface area contributed by atoms with E-state index in [-0.39, 0.29) is 12.5 Å². The highest BCUT2D eigenvalue weighted by Crippen LogP contribution is 2.20. The summed E-state index contributed by atoms with van der Waals surface area (Å²) in [6.45, 7) is 1.71. The first kappa shape index (κ1) is 14.5. The molecule has 0 spiro atoms. The minimum Gasteiger partial charge on any atom is -0.368 e. The zero-order chi connectivity index (χ0) is 13.7. The first-order chi connectivity index (χ1) is 8.41. The summed E-state index contributed by atoms with van der Waals surface area (Å²) < 4.78 is 0. The Morgan fingerprint density at radius 2 is 2.06 bits per heavy atom. The third-order valence-corrected chi connectivity index (χ3v) is 2.94. The van der Waals surface area contributed by atoms with E-state index in [1.807, 2.05) is 0 Å². The monoisotopic (exact) mass is 269 g/mol. The summed E-state index contributed by atoms with van der Waals surface area (Å²) in [4.78, 5) is 24.3. The van der Waals surface area contributed by atoms with Crippen LogP contribution >= 0.6 is 11.6 Å². The minimum absolute atomic E-state index is 0.0648. The summed E-state index contributed by atoms with van der Waals surface area (Å²) in [6.07, 6.45) is 0. The van der Waals surface area contributed by atoms with Gasteiger partial charge in [0.2, 0.25) is 11.8 Å². The fourth-order valence-corrected chi connectivity index (χ4v) is 1.52. The second kappa shape index (κ2) is 6.37. The molecule has 1 rings (SSSR count). The number of carbonyl (C=O) groups excluding carboxylic acids is 2. The van der Waals surface area contributed by atoms with Crippen molar-refractivity contribution >= 4 is 29.1 Å². The Kier molecular flexibility index (Phi) is 5.12. The summed E-state index contributed by atoms with van der Waals surface area (Å²) in [5.74, 6) is -0.721. The lowest BCUT2D eigenvalue weighted by Crippen LogP contribution is -2.43. The number of nitrogens with one attached hydrogen (secondary N) is 1. The topological polar surface area (TPSA) is 75.4 Å². The van der Waals surface area contributed by atoms with E-state index in [1.54, 1.807) is 43.1 Å². The lowest BCUT2D eigenvalue weighted by Gasteiger charge is -2.21. The summed E-state index contributed by atoms with van der Waals surface area (Å²) in [5.41, 5.74) is 5.70. The summed E-state index contributed by atoms with van der Waals surface area (Å²) in [6, 6.07) is 6.45. The van der Waals surface area contributed by atoms with Crippen molar-refractivity contribution in [1.29, 1.82) is 0 Å². The number of halogens is 1. The standard InChI is InChI=1S/C12H16ClN3O2/c1-8(12(14)18)16(2)7-11(17)15-10-6-4-3-5-9(10)13/h3-6,8H,7H2,1-2H3,(H2,14,18)(H,15,17)/t8-/m0/s1. The second-order valence-electron chi connectivity index (χ2n) is 4.02. The molecule has 0 saturated carbocycles. The van der Waals surface area contributed by atoms with E-state index in [0.717, 1.165) is 0 Å². The zero-order valence-corrected chi connectivity index (χ0v) is 11.1. The van der Waals surface area contributed by atoms with Gasteiger partial charge in [0.1, 0.15) is 0 Å². The van der Waals surface area contributed by atoms with Crippen LogP contribution in [0.1, 0.15) is 6.92 Å². The van der Waals surface area contributed by atoms with Crippen molar-refractivity contribution in [1.82, 2.24) is 4.90 Å². The number of carbonyl (C=O) groups is 2. The summed E-state index contributed by atoms with van der Waals surface area (Å²) in [7, 11) is 1.65. The van der Waals surface area contributed by atoms with Crippen LogP contribution in [0.4, 0.5) is 5.69 Å². The van der Waals surface area contributed by atoms with Crippen LogP contribution in [-0.4, -0.2) is 36.3 Å². The molecule has 6 heteroatoms. The molecule has 18 heavy (non-hydrogen) atoms. The van der Waals surface area contributed by atoms with Crippen molar-refractivity contribution in [3.8, 4) is 0 Å². The van der Waals surface area contributed by atoms with Crippen LogP contribution < -0.4 is 11.1 Å². The van der Waals surface area contributed by atoms with Crippen molar-refractivity contribution in [3.63, 3.8) is 0 Å². The Balaban J connectivity index is 2.57. The quantitative estimate of drug-likeness (QED) is 0.840. The van der Waals surface area contributed by atoms with Crippen LogP contribution in [0.15, 0.2) is 24.3 Å². The van der Waals surface area contributed by atoms with Crippen LogP contribution in [0.3, 0.4) is 0 Å². The first-order valence-corrected chi connectivity index (χ1v) is 5.83. The van der Waals surface area contributed by atoms with Crippen molar-refractivity contribution < 1.29 is 9.59 Å². The van der Waals surface area contributed by atoms with Gasteiger partial charge in [0.25, 0.3) is 0 Å². The van der Waals surface area contributed by atoms with Crippen molar-refractivity contribution in [2.75, 3.05) is 18.9 Å². The van der Waals surface area contributed by atoms with E-state index < -0.39 is 11.9 Å². The number of nitrogens with two attached hydrogens (primary N) is 1. The number of hydrogen-bond donors (Lipinski definition) is 2. The highest BCUT2D eigenvalue weighted by Gasteiger charge is 2.17. The van der Waals surface area contributed by atoms with E-state index in [9.17, 15) is 9.59 Å². The molecule has 0 aliphatic carbocycles. The fourth-order valence-electron chi connectivity index (χ4n) is 1.33. The molecule has 1 atom stereocenters. The Morgan fingerprint density at radius 3 is 2.61 bits per heavy atom. The van der Waals surface area contributed by atoms with Gasteiger partial charge < -0.3 is 11.1 Å². The number of primary amides is 1. The largest absolute Gasteiger partial charge is 0.368 e. The van der Waals surface area contributed by atoms with E-state index in [4.69, 9.17) is 17.3 Å². The minimum atomic E-state index is -0.498. The third-order valence-electron chi connectivity index (χ3n) is 2.61. The molecular formula is C12H16ClN3O2. The molecule has 0 aliphatic heterocycles. The smallest absolute Gasteiger partial charge is 0.238 e. The Bertz CT molecular complexity index is 451. The normalized spacial score (nSPS) is 12.2. The van der Waals surface area contributed by atoms with Gasteiger partial charge in [-0.3, -0.25) is 14.5 Å². The zero-order valence-electron chi connectivity index (χ0n) is 10.3. The summed E-state index contributed by atoms with van der Waals surface area (Å²) >= 11 is 5.92. The molecule has 0 heterocycles. The van der Waals surface area contributed by atoms with Gasteiger partial charge in [-0.15, -0.1) is 0 Å². The lowest BCUT2D eigenvalue weighted by atomic mass is 10.2. The van der Waals surface area contributed by atoms with Crippen LogP contribution in [0, 0.1) is 0 Å². The fraction of sp³-hybridized carbons (Fsp3) is 0.333. The number of hydrogen-bond acceptors (Lipinski definition) is 3. The number of rotatable bonds is 5. The number of amides is 2. The number of benzene rings is 1. The molecular weight excluding hydrogens is 254 g/mol. The van der Waals surface area contributed by atoms with E-state index in [0.29, 0.717) is 10.7 Å². The number of nitrogens with zero attached hydrogens (tertiary/aromatic N) is 1. The van der Waals surface area contributed by atoms with Gasteiger partial charge >= 0.3 is 0 Å². The predicted octanol–water partition coefficient (Wildman–Crippen LogP) is 1.08. The molecule has 1 aromatic rings. The Labute approximate surface area is 111 Å². The van der Waals surface area contributed by atoms with E-state index >= 15 is 0 Å². The molecule has 1 aromatic carbocycles. The van der Waals surface area contributed by atoms with Gasteiger partial charge in [0.15, 0.2) is 0 Å². The molecule has 0 unspecified atom stereocenters. The first-order valence-electron chi connectivity index (χ1n) is 5.45. The van der Waals surface area contributed by atoms with E-state index in [2.05, 4.69) is 5.32 Å². The van der Waals surface area contributed by atoms with E-state index in [1.165, 1.54) is 0 Å². The van der Waals surface area contributed by atoms with Crippen molar-refractivity contribution in [2.24, 2.45) is 5.73 Å². The van der Waals surface area contributed by atoms with Gasteiger partial charge in [-0.2, -0.15) is 0 Å². The molecule has 0 fully saturated rings. The molecule has 0 aromatic heterocycles. The van der Waals surface area contributed by atoms with Crippen molar-refractivity contribution in [2.45, 2.75) is 13.0 Å². The molecule has 2 amide bonds. The molecule has 0 saturated heterocycles. The molecule has 0 bridgehead atoms. The molecule has 5 nitrogen and oxygen atoms in total. The van der Waals surface area contributed by atoms with Gasteiger partial charge in [-0.25, -0.2) is 0 Å². The van der Waals surface area contributed by atoms with Gasteiger partial charge in [-0.1, -0.05) is 23.7 Å². The highest BCUT2D eigenvalue weighted by atomic mass is 35.5. The molecule has 0 radical (unpaired) electrons. The van der Waals surface area contributed by atoms with Crippen LogP contribution in [0.2, 0.25) is 5.02 Å². The van der Waals surface area contributed by atoms with Crippen LogP contribution in [0.25, 0.3) is 0 Å². The predicted molar refractivity (Wildman–Crippen MR) is 71.4 cm³/mol. The number of anilines is 1. The third kappa shape index (κ3) is 4.01. The molecule has 3 N–H and O–H groups in total. The maximum absolute atomic E-state index is 11.7. The van der Waals surface area contributed by atoms with Crippen LogP contribution in [0.5, 0.6) is 0 Å². The van der Waals surface area contributed by atoms with Crippen LogP contribution in [-0.2, 0) is 9.59 Å². The number of para-hydroxylation sites is 1. The molecule has 0 aliphatic rings. The Morgan fingerprint density at radius 1 is 1.44 bits per heavy atom. The SMILES string of the molecule is C[C@@H](C(N)=O)N(C)CC(=O)Nc1ccccc1Cl. The highest BCUT2D eigenvalue weighted by molar-refractivity contribution is 6.33. The molecule has 98 valence electrons. The average molecular weight is 270 g/mol. The number of likely N-dealkylation sites (N-methyl/N-ethyl adjacent to an activating group) is 1.